The average Bonchev–Trinajstić information content (AvgIpc) is 2.51. The molecule has 0 radical (unpaired) electrons. The van der Waals surface area contributed by atoms with Crippen molar-refractivity contribution in [3.8, 4) is 11.5 Å². The second-order valence-electron chi connectivity index (χ2n) is 4.83. The van der Waals surface area contributed by atoms with Crippen molar-refractivity contribution in [3.63, 3.8) is 0 Å². The number of nitrogens with one attached hydrogen (secondary N) is 1. The monoisotopic (exact) mass is 362 g/mol. The van der Waals surface area contributed by atoms with Crippen molar-refractivity contribution in [2.75, 3.05) is 0 Å². The van der Waals surface area contributed by atoms with Gasteiger partial charge in [0.25, 0.3) is 5.56 Å². The van der Waals surface area contributed by atoms with Crippen LogP contribution in [0.1, 0.15) is 11.3 Å². The van der Waals surface area contributed by atoms with E-state index in [1.165, 1.54) is 12.1 Å². The van der Waals surface area contributed by atoms with Crippen LogP contribution < -0.4 is 10.3 Å². The summed E-state index contributed by atoms with van der Waals surface area (Å²) >= 11 is 3.39. The molecule has 0 saturated heterocycles. The molecule has 0 fully saturated rings. The van der Waals surface area contributed by atoms with Crippen LogP contribution in [0.15, 0.2) is 41.2 Å². The first-order chi connectivity index (χ1) is 10.6. The van der Waals surface area contributed by atoms with Crippen molar-refractivity contribution in [2.24, 2.45) is 0 Å². The second-order valence-corrected chi connectivity index (χ2v) is 5.39. The maximum Gasteiger partial charge on any atom is 0.269 e. The smallest absolute Gasteiger partial charge is 0.269 e. The van der Waals surface area contributed by atoms with Crippen molar-refractivity contribution in [1.29, 1.82) is 0 Å². The van der Waals surface area contributed by atoms with Gasteiger partial charge in [-0.25, -0.2) is 9.37 Å². The summed E-state index contributed by atoms with van der Waals surface area (Å²) in [5, 5.41) is 0.610. The van der Waals surface area contributed by atoms with E-state index in [4.69, 9.17) is 4.74 Å². The molecule has 4 nitrogen and oxygen atoms in total. The lowest BCUT2D eigenvalue weighted by atomic mass is 10.2. The average molecular weight is 363 g/mol. The minimum absolute atomic E-state index is 0.230. The van der Waals surface area contributed by atoms with E-state index in [0.717, 1.165) is 5.56 Å². The number of H-pyrrole nitrogens is 1. The van der Waals surface area contributed by atoms with Crippen molar-refractivity contribution in [1.82, 2.24) is 9.97 Å². The van der Waals surface area contributed by atoms with E-state index >= 15 is 0 Å². The van der Waals surface area contributed by atoms with E-state index in [0.29, 0.717) is 33.6 Å². The third-order valence-corrected chi connectivity index (χ3v) is 3.83. The van der Waals surface area contributed by atoms with E-state index in [1.54, 1.807) is 19.1 Å². The molecule has 1 heterocycles. The predicted molar refractivity (Wildman–Crippen MR) is 86.2 cm³/mol. The van der Waals surface area contributed by atoms with Gasteiger partial charge in [-0.2, -0.15) is 0 Å². The Kier molecular flexibility index (Phi) is 3.94. The zero-order valence-electron chi connectivity index (χ0n) is 11.7. The van der Waals surface area contributed by atoms with Crippen molar-refractivity contribution in [2.45, 2.75) is 12.3 Å². The highest BCUT2D eigenvalue weighted by molar-refractivity contribution is 9.08. The molecule has 0 saturated carbocycles. The highest BCUT2D eigenvalue weighted by atomic mass is 79.9. The number of aryl methyl sites for hydroxylation is 1. The molecule has 0 bridgehead atoms. The number of aromatic nitrogens is 2. The van der Waals surface area contributed by atoms with Gasteiger partial charge in [-0.05, 0) is 48.9 Å². The number of ether oxygens (including phenoxy) is 1. The van der Waals surface area contributed by atoms with Crippen LogP contribution in [0.5, 0.6) is 11.5 Å². The van der Waals surface area contributed by atoms with Gasteiger partial charge >= 0.3 is 0 Å². The molecule has 2 aromatic carbocycles. The lowest BCUT2D eigenvalue weighted by molar-refractivity contribution is 0.484. The molecule has 0 unspecified atom stereocenters. The van der Waals surface area contributed by atoms with Gasteiger partial charge < -0.3 is 9.72 Å². The number of nitrogens with zero attached hydrogens (tertiary/aromatic N) is 1. The number of benzene rings is 2. The van der Waals surface area contributed by atoms with E-state index in [-0.39, 0.29) is 11.4 Å². The fraction of sp³-hybridized carbons (Fsp3) is 0.125. The number of aromatic amines is 1. The van der Waals surface area contributed by atoms with Crippen molar-refractivity contribution in [3.05, 3.63) is 63.8 Å². The summed E-state index contributed by atoms with van der Waals surface area (Å²) in [5.41, 5.74) is 2.23. The zero-order valence-corrected chi connectivity index (χ0v) is 13.3. The van der Waals surface area contributed by atoms with Gasteiger partial charge in [-0.15, -0.1) is 0 Å². The van der Waals surface area contributed by atoms with Crippen LogP contribution in [0.4, 0.5) is 4.39 Å². The van der Waals surface area contributed by atoms with Gasteiger partial charge in [0, 0.05) is 5.33 Å². The van der Waals surface area contributed by atoms with Crippen LogP contribution in [0.2, 0.25) is 0 Å². The first-order valence-electron chi connectivity index (χ1n) is 6.60. The third kappa shape index (κ3) is 2.87. The maximum absolute atomic E-state index is 13.0. The normalized spacial score (nSPS) is 10.9. The van der Waals surface area contributed by atoms with Crippen LogP contribution >= 0.6 is 15.9 Å². The summed E-state index contributed by atoms with van der Waals surface area (Å²) in [6, 6.07) is 9.42. The first kappa shape index (κ1) is 14.7. The third-order valence-electron chi connectivity index (χ3n) is 3.19. The summed E-state index contributed by atoms with van der Waals surface area (Å²) in [5.74, 6) is 0.683. The predicted octanol–water partition coefficient (Wildman–Crippen LogP) is 4.06. The van der Waals surface area contributed by atoms with Gasteiger partial charge in [-0.1, -0.05) is 15.9 Å². The molecule has 0 amide bonds. The fourth-order valence-corrected chi connectivity index (χ4v) is 2.42. The van der Waals surface area contributed by atoms with Gasteiger partial charge in [0.1, 0.15) is 22.8 Å². The number of halogens is 2. The molecule has 0 aliphatic rings. The molecule has 1 N–H and O–H groups in total. The lowest BCUT2D eigenvalue weighted by Gasteiger charge is -2.10. The molecule has 0 atom stereocenters. The van der Waals surface area contributed by atoms with Crippen molar-refractivity contribution >= 4 is 27.0 Å². The summed E-state index contributed by atoms with van der Waals surface area (Å²) < 4.78 is 18.8. The Morgan fingerprint density at radius 1 is 1.27 bits per heavy atom. The molecule has 0 aliphatic carbocycles. The molecule has 3 rings (SSSR count). The van der Waals surface area contributed by atoms with Gasteiger partial charge in [0.2, 0.25) is 0 Å². The van der Waals surface area contributed by atoms with E-state index in [9.17, 15) is 9.18 Å². The number of hydrogen-bond donors (Lipinski definition) is 1. The Balaban J connectivity index is 2.15. The molecule has 6 heteroatoms. The number of alkyl halides is 1. The molecule has 0 aliphatic heterocycles. The standard InChI is InChI=1S/C16H12BrFN2O2/c1-9-16(21)20-13-6-10(8-17)7-14(15(13)19-9)22-12-4-2-11(18)3-5-12/h2-7H,8H2,1H3,(H,20,21). The highest BCUT2D eigenvalue weighted by Crippen LogP contribution is 2.30. The lowest BCUT2D eigenvalue weighted by Crippen LogP contribution is -2.12. The van der Waals surface area contributed by atoms with Crippen LogP contribution in [-0.4, -0.2) is 9.97 Å². The summed E-state index contributed by atoms with van der Waals surface area (Å²) in [7, 11) is 0. The van der Waals surface area contributed by atoms with E-state index in [1.807, 2.05) is 12.1 Å². The fourth-order valence-electron chi connectivity index (χ4n) is 2.09. The highest BCUT2D eigenvalue weighted by Gasteiger charge is 2.10. The van der Waals surface area contributed by atoms with E-state index < -0.39 is 0 Å². The van der Waals surface area contributed by atoms with Gasteiger partial charge in [0.05, 0.1) is 5.52 Å². The molecular weight excluding hydrogens is 351 g/mol. The SMILES string of the molecule is Cc1nc2c(Oc3ccc(F)cc3)cc(CBr)cc2[nH]c1=O. The second kappa shape index (κ2) is 5.88. The van der Waals surface area contributed by atoms with Crippen LogP contribution in [-0.2, 0) is 5.33 Å². The van der Waals surface area contributed by atoms with E-state index in [2.05, 4.69) is 25.9 Å². The Hall–Kier alpha value is -2.21. The first-order valence-corrected chi connectivity index (χ1v) is 7.72. The minimum atomic E-state index is -0.329. The molecule has 112 valence electrons. The van der Waals surface area contributed by atoms with Crippen LogP contribution in [0, 0.1) is 12.7 Å². The molecular formula is C16H12BrFN2O2. The maximum atomic E-state index is 13.0. The van der Waals surface area contributed by atoms with Crippen molar-refractivity contribution < 1.29 is 9.13 Å². The number of hydrogen-bond acceptors (Lipinski definition) is 3. The zero-order chi connectivity index (χ0) is 15.7. The van der Waals surface area contributed by atoms with Gasteiger partial charge in [-0.3, -0.25) is 4.79 Å². The van der Waals surface area contributed by atoms with Gasteiger partial charge in [0.15, 0.2) is 5.75 Å². The molecule has 0 spiro atoms. The minimum Gasteiger partial charge on any atom is -0.455 e. The summed E-state index contributed by atoms with van der Waals surface area (Å²) in [6.45, 7) is 1.64. The molecule has 22 heavy (non-hydrogen) atoms. The Morgan fingerprint density at radius 2 is 2.00 bits per heavy atom. The largest absolute Gasteiger partial charge is 0.455 e. The topological polar surface area (TPSA) is 55.0 Å². The van der Waals surface area contributed by atoms with Crippen LogP contribution in [0.3, 0.4) is 0 Å². The molecule has 3 aromatic rings. The quantitative estimate of drug-likeness (QED) is 0.714. The summed E-state index contributed by atoms with van der Waals surface area (Å²) in [6.07, 6.45) is 0. The summed E-state index contributed by atoms with van der Waals surface area (Å²) in [4.78, 5) is 18.8. The van der Waals surface area contributed by atoms with Crippen LogP contribution in [0.25, 0.3) is 11.0 Å². The molecule has 1 aromatic heterocycles. The Labute approximate surface area is 134 Å². The Morgan fingerprint density at radius 3 is 2.68 bits per heavy atom. The number of rotatable bonds is 3. The number of fused-ring (bicyclic) bond motifs is 1. The Bertz CT molecular complexity index is 891.